The first-order chi connectivity index (χ1) is 12.9. The van der Waals surface area contributed by atoms with Crippen LogP contribution in [0.1, 0.15) is 25.3 Å². The Labute approximate surface area is 165 Å². The summed E-state index contributed by atoms with van der Waals surface area (Å²) in [6.07, 6.45) is 1.59. The summed E-state index contributed by atoms with van der Waals surface area (Å²) in [5, 5.41) is 5.06. The summed E-state index contributed by atoms with van der Waals surface area (Å²) in [6, 6.07) is 6.92. The number of benzene rings is 1. The Kier molecular flexibility index (Phi) is 5.82. The molecule has 0 radical (unpaired) electrons. The molecule has 0 aliphatic carbocycles. The second kappa shape index (κ2) is 8.10. The van der Waals surface area contributed by atoms with Crippen LogP contribution in [0.4, 0.5) is 5.69 Å². The molecule has 0 aliphatic heterocycles. The van der Waals surface area contributed by atoms with Crippen LogP contribution >= 0.6 is 22.9 Å². The molecule has 3 rings (SSSR count). The molecule has 8 heteroatoms. The molecule has 0 atom stereocenters. The lowest BCUT2D eigenvalue weighted by atomic mass is 10.2. The minimum atomic E-state index is -0.461. The van der Waals surface area contributed by atoms with Gasteiger partial charge in [-0.2, -0.15) is 0 Å². The van der Waals surface area contributed by atoms with Crippen molar-refractivity contribution in [3.05, 3.63) is 61.1 Å². The SMILES string of the molecule is CCCCn1c(=O)c2sccc2n(CC(=O)Nc2cc(Cl)ccc2C)c1=O. The van der Waals surface area contributed by atoms with E-state index in [-0.39, 0.29) is 18.0 Å². The number of hydrogen-bond donors (Lipinski definition) is 1. The van der Waals surface area contributed by atoms with Gasteiger partial charge >= 0.3 is 5.69 Å². The quantitative estimate of drug-likeness (QED) is 0.680. The number of aromatic nitrogens is 2. The van der Waals surface area contributed by atoms with Gasteiger partial charge in [0.2, 0.25) is 5.91 Å². The fourth-order valence-electron chi connectivity index (χ4n) is 2.86. The number of nitrogens with zero attached hydrogens (tertiary/aromatic N) is 2. The Balaban J connectivity index is 1.97. The first kappa shape index (κ1) is 19.4. The summed E-state index contributed by atoms with van der Waals surface area (Å²) < 4.78 is 3.07. The second-order valence-corrected chi connectivity index (χ2v) is 7.67. The average Bonchev–Trinajstić information content (AvgIpc) is 3.12. The van der Waals surface area contributed by atoms with E-state index in [1.54, 1.807) is 23.6 Å². The second-order valence-electron chi connectivity index (χ2n) is 6.32. The highest BCUT2D eigenvalue weighted by Gasteiger charge is 2.16. The number of nitrogens with one attached hydrogen (secondary N) is 1. The van der Waals surface area contributed by atoms with Crippen LogP contribution in [0.5, 0.6) is 0 Å². The first-order valence-electron chi connectivity index (χ1n) is 8.69. The number of unbranched alkanes of at least 4 members (excludes halogenated alkanes) is 1. The predicted molar refractivity (Wildman–Crippen MR) is 110 cm³/mol. The Hall–Kier alpha value is -2.38. The van der Waals surface area contributed by atoms with Gasteiger partial charge in [0.15, 0.2) is 0 Å². The summed E-state index contributed by atoms with van der Waals surface area (Å²) in [5.74, 6) is -0.351. The molecule has 1 aromatic carbocycles. The van der Waals surface area contributed by atoms with E-state index in [0.29, 0.717) is 27.5 Å². The molecule has 0 saturated heterocycles. The number of amides is 1. The zero-order valence-corrected chi connectivity index (χ0v) is 16.7. The number of halogens is 1. The third kappa shape index (κ3) is 3.99. The maximum absolute atomic E-state index is 12.8. The topological polar surface area (TPSA) is 73.1 Å². The highest BCUT2D eigenvalue weighted by Crippen LogP contribution is 2.20. The molecule has 0 spiro atoms. The fraction of sp³-hybridized carbons (Fsp3) is 0.316. The summed E-state index contributed by atoms with van der Waals surface area (Å²) in [7, 11) is 0. The third-order valence-electron chi connectivity index (χ3n) is 4.35. The standard InChI is InChI=1S/C19H20ClN3O3S/c1-3-4-8-22-18(25)17-15(7-9-27-17)23(19(22)26)11-16(24)21-14-10-13(20)6-5-12(14)2/h5-7,9-10H,3-4,8,11H2,1-2H3,(H,21,24). The molecule has 0 fully saturated rings. The van der Waals surface area contributed by atoms with Crippen LogP contribution in [-0.4, -0.2) is 15.0 Å². The van der Waals surface area contributed by atoms with Gasteiger partial charge in [0, 0.05) is 17.3 Å². The van der Waals surface area contributed by atoms with Crippen LogP contribution in [-0.2, 0) is 17.9 Å². The number of fused-ring (bicyclic) bond motifs is 1. The monoisotopic (exact) mass is 405 g/mol. The van der Waals surface area contributed by atoms with Gasteiger partial charge in [-0.1, -0.05) is 31.0 Å². The molecular weight excluding hydrogens is 386 g/mol. The van der Waals surface area contributed by atoms with Gasteiger partial charge in [0.05, 0.1) is 5.52 Å². The van der Waals surface area contributed by atoms with Crippen molar-refractivity contribution < 1.29 is 4.79 Å². The highest BCUT2D eigenvalue weighted by molar-refractivity contribution is 7.17. The van der Waals surface area contributed by atoms with E-state index >= 15 is 0 Å². The molecule has 0 saturated carbocycles. The molecule has 1 N–H and O–H groups in total. The van der Waals surface area contributed by atoms with Crippen LogP contribution in [0.3, 0.4) is 0 Å². The molecular formula is C19H20ClN3O3S. The van der Waals surface area contributed by atoms with E-state index in [0.717, 1.165) is 18.4 Å². The number of hydrogen-bond acceptors (Lipinski definition) is 4. The molecule has 0 bridgehead atoms. The summed E-state index contributed by atoms with van der Waals surface area (Å²) >= 11 is 7.27. The van der Waals surface area contributed by atoms with Gasteiger partial charge in [0.25, 0.3) is 5.56 Å². The van der Waals surface area contributed by atoms with Gasteiger partial charge in [0.1, 0.15) is 11.2 Å². The minimum Gasteiger partial charge on any atom is -0.324 e. The lowest BCUT2D eigenvalue weighted by Crippen LogP contribution is -2.41. The van der Waals surface area contributed by atoms with E-state index < -0.39 is 5.69 Å². The summed E-state index contributed by atoms with van der Waals surface area (Å²) in [4.78, 5) is 38.0. The zero-order valence-electron chi connectivity index (χ0n) is 15.1. The summed E-state index contributed by atoms with van der Waals surface area (Å²) in [5.41, 5.74) is 1.20. The number of aryl methyl sites for hydroxylation is 1. The van der Waals surface area contributed by atoms with E-state index in [2.05, 4.69) is 5.32 Å². The van der Waals surface area contributed by atoms with Crippen molar-refractivity contribution >= 4 is 44.7 Å². The molecule has 27 heavy (non-hydrogen) atoms. The number of carbonyl (C=O) groups is 1. The van der Waals surface area contributed by atoms with Crippen LogP contribution < -0.4 is 16.6 Å². The molecule has 3 aromatic rings. The lowest BCUT2D eigenvalue weighted by Gasteiger charge is -2.13. The van der Waals surface area contributed by atoms with Crippen molar-refractivity contribution in [1.82, 2.24) is 9.13 Å². The number of thiophene rings is 1. The smallest absolute Gasteiger partial charge is 0.324 e. The summed E-state index contributed by atoms with van der Waals surface area (Å²) in [6.45, 7) is 4.02. The van der Waals surface area contributed by atoms with Crippen molar-refractivity contribution in [2.45, 2.75) is 39.8 Å². The van der Waals surface area contributed by atoms with E-state index in [9.17, 15) is 14.4 Å². The molecule has 142 valence electrons. The third-order valence-corrected chi connectivity index (χ3v) is 5.47. The predicted octanol–water partition coefficient (Wildman–Crippen LogP) is 3.63. The van der Waals surface area contributed by atoms with E-state index in [4.69, 9.17) is 11.6 Å². The Morgan fingerprint density at radius 3 is 2.74 bits per heavy atom. The van der Waals surface area contributed by atoms with Crippen molar-refractivity contribution in [1.29, 1.82) is 0 Å². The largest absolute Gasteiger partial charge is 0.332 e. The van der Waals surface area contributed by atoms with Crippen molar-refractivity contribution in [2.75, 3.05) is 5.32 Å². The number of carbonyl (C=O) groups excluding carboxylic acids is 1. The zero-order chi connectivity index (χ0) is 19.6. The Bertz CT molecular complexity index is 1110. The van der Waals surface area contributed by atoms with Gasteiger partial charge in [-0.05, 0) is 42.5 Å². The minimum absolute atomic E-state index is 0.176. The van der Waals surface area contributed by atoms with Crippen molar-refractivity contribution in [3.63, 3.8) is 0 Å². The van der Waals surface area contributed by atoms with E-state index in [1.165, 1.54) is 20.5 Å². The molecule has 0 unspecified atom stereocenters. The van der Waals surface area contributed by atoms with E-state index in [1.807, 2.05) is 19.9 Å². The van der Waals surface area contributed by atoms with Crippen LogP contribution in [0.2, 0.25) is 5.02 Å². The van der Waals surface area contributed by atoms with Gasteiger partial charge in [-0.25, -0.2) is 4.79 Å². The average molecular weight is 406 g/mol. The fourth-order valence-corrected chi connectivity index (χ4v) is 3.88. The maximum Gasteiger partial charge on any atom is 0.332 e. The maximum atomic E-state index is 12.8. The van der Waals surface area contributed by atoms with Crippen LogP contribution in [0, 0.1) is 6.92 Å². The molecule has 2 heterocycles. The van der Waals surface area contributed by atoms with Gasteiger partial charge < -0.3 is 5.32 Å². The number of anilines is 1. The molecule has 0 aliphatic rings. The van der Waals surface area contributed by atoms with Crippen molar-refractivity contribution in [3.8, 4) is 0 Å². The Morgan fingerprint density at radius 1 is 1.22 bits per heavy atom. The molecule has 1 amide bonds. The lowest BCUT2D eigenvalue weighted by molar-refractivity contribution is -0.116. The first-order valence-corrected chi connectivity index (χ1v) is 9.95. The van der Waals surface area contributed by atoms with Crippen molar-refractivity contribution in [2.24, 2.45) is 0 Å². The van der Waals surface area contributed by atoms with Gasteiger partial charge in [-0.3, -0.25) is 18.7 Å². The number of rotatable bonds is 6. The normalized spacial score (nSPS) is 11.1. The van der Waals surface area contributed by atoms with Crippen LogP contribution in [0.25, 0.3) is 10.2 Å². The molecule has 2 aromatic heterocycles. The van der Waals surface area contributed by atoms with Gasteiger partial charge in [-0.15, -0.1) is 11.3 Å². The Morgan fingerprint density at radius 2 is 2.00 bits per heavy atom. The highest BCUT2D eigenvalue weighted by atomic mass is 35.5. The van der Waals surface area contributed by atoms with Crippen LogP contribution in [0.15, 0.2) is 39.2 Å². The molecule has 6 nitrogen and oxygen atoms in total.